The molecule has 0 fully saturated rings. The minimum atomic E-state index is -0.448. The van der Waals surface area contributed by atoms with E-state index in [2.05, 4.69) is 26.2 Å². The van der Waals surface area contributed by atoms with Crippen LogP contribution < -0.4 is 5.32 Å². The van der Waals surface area contributed by atoms with Crippen LogP contribution in [0.5, 0.6) is 0 Å². The van der Waals surface area contributed by atoms with Crippen LogP contribution in [0.3, 0.4) is 0 Å². The molecule has 0 saturated carbocycles. The summed E-state index contributed by atoms with van der Waals surface area (Å²) in [6, 6.07) is 9.21. The third-order valence-corrected chi connectivity index (χ3v) is 4.26. The maximum atomic E-state index is 13.5. The lowest BCUT2D eigenvalue weighted by Crippen LogP contribution is -2.01. The number of rotatable bonds is 3. The van der Waals surface area contributed by atoms with Crippen LogP contribution in [-0.4, -0.2) is 4.98 Å². The molecule has 2 nitrogen and oxygen atoms in total. The first-order chi connectivity index (χ1) is 9.61. The van der Waals surface area contributed by atoms with Crippen molar-refractivity contribution in [2.75, 3.05) is 5.32 Å². The normalized spacial score (nSPS) is 10.9. The quantitative estimate of drug-likeness (QED) is 0.719. The van der Waals surface area contributed by atoms with Crippen molar-refractivity contribution in [1.82, 2.24) is 4.98 Å². The highest BCUT2D eigenvalue weighted by Gasteiger charge is 2.07. The summed E-state index contributed by atoms with van der Waals surface area (Å²) >= 11 is 4.87. The van der Waals surface area contributed by atoms with E-state index in [9.17, 15) is 8.78 Å². The first-order valence-corrected chi connectivity index (χ1v) is 7.47. The Bertz CT molecular complexity index is 773. The van der Waals surface area contributed by atoms with Crippen LogP contribution in [0.1, 0.15) is 5.56 Å². The number of hydrogen-bond acceptors (Lipinski definition) is 3. The van der Waals surface area contributed by atoms with Crippen LogP contribution >= 0.6 is 27.3 Å². The zero-order chi connectivity index (χ0) is 14.1. The summed E-state index contributed by atoms with van der Waals surface area (Å²) < 4.78 is 28.6. The number of halogens is 3. The predicted molar refractivity (Wildman–Crippen MR) is 81.0 cm³/mol. The Morgan fingerprint density at radius 1 is 1.15 bits per heavy atom. The van der Waals surface area contributed by atoms with Gasteiger partial charge in [-0.05, 0) is 36.4 Å². The number of fused-ring (bicyclic) bond motifs is 1. The minimum absolute atomic E-state index is 0.199. The number of aromatic nitrogens is 1. The maximum absolute atomic E-state index is 13.5. The molecule has 0 aliphatic carbocycles. The van der Waals surface area contributed by atoms with Gasteiger partial charge in [0, 0.05) is 16.6 Å². The van der Waals surface area contributed by atoms with Gasteiger partial charge in [-0.25, -0.2) is 13.8 Å². The Labute approximate surface area is 126 Å². The largest absolute Gasteiger partial charge is 0.357 e. The van der Waals surface area contributed by atoms with Gasteiger partial charge in [0.15, 0.2) is 5.13 Å². The van der Waals surface area contributed by atoms with Crippen LogP contribution in [0, 0.1) is 11.6 Å². The summed E-state index contributed by atoms with van der Waals surface area (Å²) in [6.45, 7) is 0.199. The molecule has 20 heavy (non-hydrogen) atoms. The molecule has 0 amide bonds. The molecular weight excluding hydrogens is 346 g/mol. The molecule has 1 N–H and O–H groups in total. The summed E-state index contributed by atoms with van der Waals surface area (Å²) in [7, 11) is 0. The van der Waals surface area contributed by atoms with Gasteiger partial charge in [-0.1, -0.05) is 27.3 Å². The maximum Gasteiger partial charge on any atom is 0.184 e. The van der Waals surface area contributed by atoms with Crippen molar-refractivity contribution < 1.29 is 8.78 Å². The third kappa shape index (κ3) is 2.81. The molecule has 0 unspecified atom stereocenters. The third-order valence-electron chi connectivity index (χ3n) is 2.79. The second-order valence-electron chi connectivity index (χ2n) is 4.22. The van der Waals surface area contributed by atoms with E-state index in [0.717, 1.165) is 26.8 Å². The Hall–Kier alpha value is -1.53. The van der Waals surface area contributed by atoms with Crippen molar-refractivity contribution in [2.24, 2.45) is 0 Å². The van der Waals surface area contributed by atoms with Gasteiger partial charge in [0.1, 0.15) is 11.6 Å². The number of nitrogens with zero attached hydrogens (tertiary/aromatic N) is 1. The lowest BCUT2D eigenvalue weighted by molar-refractivity contribution is 0.587. The molecule has 1 heterocycles. The molecule has 1 aromatic heterocycles. The molecule has 3 aromatic rings. The zero-order valence-electron chi connectivity index (χ0n) is 10.2. The summed E-state index contributed by atoms with van der Waals surface area (Å²) in [5.41, 5.74) is 1.16. The molecule has 0 atom stereocenters. The van der Waals surface area contributed by atoms with Crippen LogP contribution in [-0.2, 0) is 6.54 Å². The minimum Gasteiger partial charge on any atom is -0.357 e. The van der Waals surface area contributed by atoms with E-state index in [4.69, 9.17) is 0 Å². The summed E-state index contributed by atoms with van der Waals surface area (Å²) in [4.78, 5) is 4.39. The van der Waals surface area contributed by atoms with Crippen molar-refractivity contribution in [3.05, 3.63) is 58.1 Å². The summed E-state index contributed by atoms with van der Waals surface area (Å²) in [5, 5.41) is 3.71. The number of benzene rings is 2. The fourth-order valence-corrected chi connectivity index (χ4v) is 3.24. The molecule has 0 bridgehead atoms. The molecule has 3 rings (SSSR count). The van der Waals surface area contributed by atoms with Crippen LogP contribution in [0.25, 0.3) is 10.2 Å². The van der Waals surface area contributed by atoms with Crippen molar-refractivity contribution in [3.63, 3.8) is 0 Å². The second kappa shape index (κ2) is 5.46. The molecular formula is C14H9BrF2N2S. The standard InChI is InChI=1S/C14H9BrF2N2S/c15-9-1-4-12-13(6-9)20-14(19-12)18-7-8-5-10(16)2-3-11(8)17/h1-6H,7H2,(H,18,19). The second-order valence-corrected chi connectivity index (χ2v) is 6.17. The number of thiazole rings is 1. The number of hydrogen-bond donors (Lipinski definition) is 1. The molecule has 2 aromatic carbocycles. The van der Waals surface area contributed by atoms with Gasteiger partial charge in [0.2, 0.25) is 0 Å². The van der Waals surface area contributed by atoms with Crippen molar-refractivity contribution in [1.29, 1.82) is 0 Å². The molecule has 0 aliphatic heterocycles. The molecule has 102 valence electrons. The van der Waals surface area contributed by atoms with Gasteiger partial charge in [0.25, 0.3) is 0 Å². The van der Waals surface area contributed by atoms with E-state index >= 15 is 0 Å². The smallest absolute Gasteiger partial charge is 0.184 e. The van der Waals surface area contributed by atoms with Crippen molar-refractivity contribution >= 4 is 42.6 Å². The average molecular weight is 355 g/mol. The van der Waals surface area contributed by atoms with E-state index < -0.39 is 11.6 Å². The highest BCUT2D eigenvalue weighted by atomic mass is 79.9. The van der Waals surface area contributed by atoms with Crippen LogP contribution in [0.2, 0.25) is 0 Å². The van der Waals surface area contributed by atoms with Gasteiger partial charge >= 0.3 is 0 Å². The monoisotopic (exact) mass is 354 g/mol. The lowest BCUT2D eigenvalue weighted by Gasteiger charge is -2.04. The molecule has 6 heteroatoms. The highest BCUT2D eigenvalue weighted by Crippen LogP contribution is 2.28. The van der Waals surface area contributed by atoms with Gasteiger partial charge in [-0.2, -0.15) is 0 Å². The van der Waals surface area contributed by atoms with Crippen molar-refractivity contribution in [2.45, 2.75) is 6.54 Å². The summed E-state index contributed by atoms with van der Waals surface area (Å²) in [5.74, 6) is -0.876. The predicted octanol–water partition coefficient (Wildman–Crippen LogP) is 4.95. The molecule has 0 radical (unpaired) electrons. The fourth-order valence-electron chi connectivity index (χ4n) is 1.82. The Morgan fingerprint density at radius 3 is 2.85 bits per heavy atom. The van der Waals surface area contributed by atoms with Gasteiger partial charge < -0.3 is 5.32 Å². The van der Waals surface area contributed by atoms with Gasteiger partial charge in [0.05, 0.1) is 10.2 Å². The Balaban J connectivity index is 1.81. The lowest BCUT2D eigenvalue weighted by atomic mass is 10.2. The first-order valence-electron chi connectivity index (χ1n) is 5.86. The zero-order valence-corrected chi connectivity index (χ0v) is 12.6. The number of anilines is 1. The van der Waals surface area contributed by atoms with E-state index in [1.54, 1.807) is 0 Å². The topological polar surface area (TPSA) is 24.9 Å². The number of nitrogens with one attached hydrogen (secondary N) is 1. The molecule has 0 aliphatic rings. The SMILES string of the molecule is Fc1ccc(F)c(CNc2nc3ccc(Br)cc3s2)c1. The van der Waals surface area contributed by atoms with E-state index in [1.807, 2.05) is 18.2 Å². The Morgan fingerprint density at radius 2 is 2.00 bits per heavy atom. The summed E-state index contributed by atoms with van der Waals surface area (Å²) in [6.07, 6.45) is 0. The first kappa shape index (κ1) is 13.5. The van der Waals surface area contributed by atoms with Crippen LogP contribution in [0.15, 0.2) is 40.9 Å². The van der Waals surface area contributed by atoms with E-state index in [-0.39, 0.29) is 12.1 Å². The van der Waals surface area contributed by atoms with Crippen molar-refractivity contribution in [3.8, 4) is 0 Å². The average Bonchev–Trinajstić information content (AvgIpc) is 2.81. The molecule has 0 saturated heterocycles. The van der Waals surface area contributed by atoms with E-state index in [1.165, 1.54) is 17.4 Å². The van der Waals surface area contributed by atoms with Crippen LogP contribution in [0.4, 0.5) is 13.9 Å². The highest BCUT2D eigenvalue weighted by molar-refractivity contribution is 9.10. The molecule has 0 spiro atoms. The van der Waals surface area contributed by atoms with Gasteiger partial charge in [-0.3, -0.25) is 0 Å². The van der Waals surface area contributed by atoms with E-state index in [0.29, 0.717) is 5.13 Å². The fraction of sp³-hybridized carbons (Fsp3) is 0.0714. The van der Waals surface area contributed by atoms with Gasteiger partial charge in [-0.15, -0.1) is 0 Å². The Kier molecular flexibility index (Phi) is 3.67.